The third-order valence-corrected chi connectivity index (χ3v) is 4.69. The van der Waals surface area contributed by atoms with E-state index >= 15 is 0 Å². The number of hydrogen-bond acceptors (Lipinski definition) is 4. The normalized spacial score (nSPS) is 20.9. The van der Waals surface area contributed by atoms with Crippen LogP contribution in [0.15, 0.2) is 11.1 Å². The Morgan fingerprint density at radius 3 is 2.94 bits per heavy atom. The van der Waals surface area contributed by atoms with Crippen molar-refractivity contribution < 1.29 is 8.42 Å². The second-order valence-electron chi connectivity index (χ2n) is 4.36. The van der Waals surface area contributed by atoms with Crippen LogP contribution in [-0.2, 0) is 17.1 Å². The summed E-state index contributed by atoms with van der Waals surface area (Å²) in [4.78, 5) is 0.262. The van der Waals surface area contributed by atoms with E-state index < -0.39 is 10.0 Å². The summed E-state index contributed by atoms with van der Waals surface area (Å²) in [7, 11) is -1.70. The average Bonchev–Trinajstić information content (AvgIpc) is 2.88. The van der Waals surface area contributed by atoms with Gasteiger partial charge in [0, 0.05) is 19.6 Å². The molecule has 1 aromatic rings. The fraction of sp³-hybridized carbons (Fsp3) is 0.700. The zero-order chi connectivity index (χ0) is 12.5. The lowest BCUT2D eigenvalue weighted by atomic mass is 10.2. The summed E-state index contributed by atoms with van der Waals surface area (Å²) in [5, 5.41) is 7.20. The Bertz CT molecular complexity index is 488. The van der Waals surface area contributed by atoms with E-state index in [9.17, 15) is 8.42 Å². The largest absolute Gasteiger partial charge is 0.313 e. The van der Waals surface area contributed by atoms with Gasteiger partial charge in [-0.05, 0) is 26.3 Å². The fourth-order valence-corrected chi connectivity index (χ4v) is 3.24. The second-order valence-corrected chi connectivity index (χ2v) is 6.10. The summed E-state index contributed by atoms with van der Waals surface area (Å²) in [5.74, 6) is 0. The highest BCUT2D eigenvalue weighted by molar-refractivity contribution is 7.89. The van der Waals surface area contributed by atoms with E-state index in [1.165, 1.54) is 6.20 Å². The first-order chi connectivity index (χ1) is 8.00. The minimum absolute atomic E-state index is 0.252. The van der Waals surface area contributed by atoms with E-state index in [2.05, 4.69) is 15.1 Å². The molecule has 96 valence electrons. The molecule has 2 heterocycles. The van der Waals surface area contributed by atoms with E-state index in [0.717, 1.165) is 19.4 Å². The van der Waals surface area contributed by atoms with Crippen LogP contribution in [0.2, 0.25) is 0 Å². The molecule has 6 nitrogen and oxygen atoms in total. The summed E-state index contributed by atoms with van der Waals surface area (Å²) >= 11 is 0. The van der Waals surface area contributed by atoms with Crippen LogP contribution in [-0.4, -0.2) is 37.3 Å². The minimum Gasteiger partial charge on any atom is -0.313 e. The third kappa shape index (κ3) is 2.67. The lowest BCUT2D eigenvalue weighted by Crippen LogP contribution is -2.37. The molecule has 0 radical (unpaired) electrons. The van der Waals surface area contributed by atoms with Gasteiger partial charge in [-0.3, -0.25) is 4.68 Å². The van der Waals surface area contributed by atoms with Gasteiger partial charge in [-0.15, -0.1) is 0 Å². The number of nitrogens with zero attached hydrogens (tertiary/aromatic N) is 2. The first kappa shape index (κ1) is 12.5. The Morgan fingerprint density at radius 1 is 1.65 bits per heavy atom. The molecule has 2 rings (SSSR count). The fourth-order valence-electron chi connectivity index (χ4n) is 1.96. The van der Waals surface area contributed by atoms with Crippen LogP contribution in [0.4, 0.5) is 0 Å². The summed E-state index contributed by atoms with van der Waals surface area (Å²) in [6.07, 6.45) is 3.52. The predicted octanol–water partition coefficient (Wildman–Crippen LogP) is -0.241. The maximum atomic E-state index is 12.0. The lowest BCUT2D eigenvalue weighted by Gasteiger charge is -2.11. The smallest absolute Gasteiger partial charge is 0.244 e. The SMILES string of the molecule is Cc1c(S(=O)(=O)NCC2CCCN2)cnn1C. The minimum atomic E-state index is -3.43. The molecule has 0 aliphatic carbocycles. The Kier molecular flexibility index (Phi) is 3.50. The van der Waals surface area contributed by atoms with Crippen molar-refractivity contribution in [1.29, 1.82) is 0 Å². The molecule has 7 heteroatoms. The molecule has 0 saturated carbocycles. The Morgan fingerprint density at radius 2 is 2.41 bits per heavy atom. The number of aromatic nitrogens is 2. The van der Waals surface area contributed by atoms with E-state index in [0.29, 0.717) is 12.2 Å². The standard InChI is InChI=1S/C10H18N4O2S/c1-8-10(7-12-14(8)2)17(15,16)13-6-9-4-3-5-11-9/h7,9,11,13H,3-6H2,1-2H3. The second kappa shape index (κ2) is 4.75. The number of rotatable bonds is 4. The van der Waals surface area contributed by atoms with E-state index in [1.54, 1.807) is 18.7 Å². The van der Waals surface area contributed by atoms with Crippen molar-refractivity contribution in [3.63, 3.8) is 0 Å². The third-order valence-electron chi connectivity index (χ3n) is 3.16. The van der Waals surface area contributed by atoms with Gasteiger partial charge in [-0.25, -0.2) is 13.1 Å². The van der Waals surface area contributed by atoms with Crippen LogP contribution in [0.1, 0.15) is 18.5 Å². The van der Waals surface area contributed by atoms with Gasteiger partial charge < -0.3 is 5.32 Å². The highest BCUT2D eigenvalue weighted by atomic mass is 32.2. The molecule has 2 N–H and O–H groups in total. The summed E-state index contributed by atoms with van der Waals surface area (Å²) in [6.45, 7) is 3.16. The van der Waals surface area contributed by atoms with Crippen molar-refractivity contribution in [1.82, 2.24) is 19.8 Å². The Labute approximate surface area is 101 Å². The highest BCUT2D eigenvalue weighted by Crippen LogP contribution is 2.13. The molecule has 1 aliphatic rings. The van der Waals surface area contributed by atoms with E-state index in [1.807, 2.05) is 0 Å². The van der Waals surface area contributed by atoms with Gasteiger partial charge in [0.2, 0.25) is 10.0 Å². The molecular weight excluding hydrogens is 240 g/mol. The quantitative estimate of drug-likeness (QED) is 0.781. The van der Waals surface area contributed by atoms with Gasteiger partial charge in [-0.1, -0.05) is 0 Å². The maximum absolute atomic E-state index is 12.0. The van der Waals surface area contributed by atoms with Crippen molar-refractivity contribution in [3.05, 3.63) is 11.9 Å². The van der Waals surface area contributed by atoms with Gasteiger partial charge in [0.05, 0.1) is 11.9 Å². The van der Waals surface area contributed by atoms with Crippen LogP contribution < -0.4 is 10.0 Å². The molecule has 1 atom stereocenters. The lowest BCUT2D eigenvalue weighted by molar-refractivity contribution is 0.551. The van der Waals surface area contributed by atoms with Gasteiger partial charge in [0.1, 0.15) is 4.90 Å². The summed E-state index contributed by atoms with van der Waals surface area (Å²) < 4.78 is 28.2. The molecule has 1 aliphatic heterocycles. The first-order valence-electron chi connectivity index (χ1n) is 5.72. The van der Waals surface area contributed by atoms with Crippen molar-refractivity contribution in [3.8, 4) is 0 Å². The summed E-state index contributed by atoms with van der Waals surface area (Å²) in [6, 6.07) is 0.252. The molecule has 0 aromatic carbocycles. The van der Waals surface area contributed by atoms with Crippen LogP contribution in [0.25, 0.3) is 0 Å². The number of hydrogen-bond donors (Lipinski definition) is 2. The van der Waals surface area contributed by atoms with Gasteiger partial charge in [0.15, 0.2) is 0 Å². The Hall–Kier alpha value is -0.920. The summed E-state index contributed by atoms with van der Waals surface area (Å²) in [5.41, 5.74) is 0.650. The topological polar surface area (TPSA) is 76.0 Å². The van der Waals surface area contributed by atoms with Gasteiger partial charge in [-0.2, -0.15) is 5.10 Å². The molecule has 1 fully saturated rings. The zero-order valence-corrected chi connectivity index (χ0v) is 10.9. The number of nitrogens with one attached hydrogen (secondary N) is 2. The Balaban J connectivity index is 2.05. The molecule has 17 heavy (non-hydrogen) atoms. The molecule has 1 saturated heterocycles. The van der Waals surface area contributed by atoms with Gasteiger partial charge >= 0.3 is 0 Å². The van der Waals surface area contributed by atoms with Crippen LogP contribution in [0.5, 0.6) is 0 Å². The maximum Gasteiger partial charge on any atom is 0.244 e. The zero-order valence-electron chi connectivity index (χ0n) is 10.1. The van der Waals surface area contributed by atoms with E-state index in [4.69, 9.17) is 0 Å². The molecule has 0 bridgehead atoms. The first-order valence-corrected chi connectivity index (χ1v) is 7.20. The molecule has 1 aromatic heterocycles. The number of sulfonamides is 1. The molecule has 0 spiro atoms. The predicted molar refractivity (Wildman–Crippen MR) is 64.2 cm³/mol. The monoisotopic (exact) mass is 258 g/mol. The molecule has 0 amide bonds. The van der Waals surface area contributed by atoms with Crippen molar-refractivity contribution in [2.24, 2.45) is 7.05 Å². The number of aryl methyl sites for hydroxylation is 1. The molecule has 1 unspecified atom stereocenters. The van der Waals surface area contributed by atoms with Crippen LogP contribution in [0, 0.1) is 6.92 Å². The molecular formula is C10H18N4O2S. The van der Waals surface area contributed by atoms with Crippen molar-refractivity contribution in [2.75, 3.05) is 13.1 Å². The van der Waals surface area contributed by atoms with Crippen LogP contribution in [0.3, 0.4) is 0 Å². The highest BCUT2D eigenvalue weighted by Gasteiger charge is 2.22. The average molecular weight is 258 g/mol. The van der Waals surface area contributed by atoms with Crippen molar-refractivity contribution in [2.45, 2.75) is 30.7 Å². The van der Waals surface area contributed by atoms with Crippen molar-refractivity contribution >= 4 is 10.0 Å². The van der Waals surface area contributed by atoms with Gasteiger partial charge in [0.25, 0.3) is 0 Å². The van der Waals surface area contributed by atoms with E-state index in [-0.39, 0.29) is 10.9 Å². The van der Waals surface area contributed by atoms with Crippen LogP contribution >= 0.6 is 0 Å².